The molecule has 228 valence electrons. The van der Waals surface area contributed by atoms with E-state index in [1.807, 2.05) is 32.0 Å². The van der Waals surface area contributed by atoms with Crippen LogP contribution in [0.3, 0.4) is 0 Å². The first-order chi connectivity index (χ1) is 19.9. The Hall–Kier alpha value is -2.58. The maximum atomic E-state index is 13.9. The molecule has 4 bridgehead atoms. The highest BCUT2D eigenvalue weighted by molar-refractivity contribution is 7.92. The van der Waals surface area contributed by atoms with Crippen LogP contribution in [-0.2, 0) is 31.6 Å². The normalized spacial score (nSPS) is 26.0. The minimum absolute atomic E-state index is 0.0527. The number of sulfonamides is 1. The number of carbonyl (C=O) groups excluding carboxylic acids is 2. The number of amides is 2. The van der Waals surface area contributed by atoms with Crippen LogP contribution in [-0.4, -0.2) is 50.0 Å². The summed E-state index contributed by atoms with van der Waals surface area (Å²) in [5, 5.41) is 3.47. The number of hydrogen-bond donors (Lipinski definition) is 1. The van der Waals surface area contributed by atoms with Crippen molar-refractivity contribution in [3.63, 3.8) is 0 Å². The smallest absolute Gasteiger partial charge is 0.244 e. The minimum atomic E-state index is -3.79. The van der Waals surface area contributed by atoms with Crippen molar-refractivity contribution in [2.24, 2.45) is 17.8 Å². The van der Waals surface area contributed by atoms with Gasteiger partial charge in [0.15, 0.2) is 0 Å². The van der Waals surface area contributed by atoms with Crippen LogP contribution in [0.15, 0.2) is 48.5 Å². The summed E-state index contributed by atoms with van der Waals surface area (Å²) in [6, 6.07) is 14.1. The molecule has 2 aromatic carbocycles. The average Bonchev–Trinajstić information content (AvgIpc) is 2.93. The Morgan fingerprint density at radius 1 is 1.00 bits per heavy atom. The van der Waals surface area contributed by atoms with Crippen molar-refractivity contribution >= 4 is 39.1 Å². The first-order valence-corrected chi connectivity index (χ1v) is 17.5. The van der Waals surface area contributed by atoms with Crippen LogP contribution in [0, 0.1) is 17.8 Å². The number of anilines is 1. The molecule has 4 saturated carbocycles. The lowest BCUT2D eigenvalue weighted by atomic mass is 9.48. The summed E-state index contributed by atoms with van der Waals surface area (Å²) in [5.41, 5.74) is 2.71. The van der Waals surface area contributed by atoms with Crippen LogP contribution in [0.1, 0.15) is 76.8 Å². The lowest BCUT2D eigenvalue weighted by molar-refractivity contribution is -0.139. The molecule has 0 unspecified atom stereocenters. The van der Waals surface area contributed by atoms with Crippen molar-refractivity contribution in [2.75, 3.05) is 17.1 Å². The first-order valence-electron chi connectivity index (χ1n) is 15.3. The fourth-order valence-electron chi connectivity index (χ4n) is 7.94. The molecule has 4 fully saturated rings. The van der Waals surface area contributed by atoms with Gasteiger partial charge in [-0.05, 0) is 117 Å². The lowest BCUT2D eigenvalue weighted by Gasteiger charge is -2.57. The number of carbonyl (C=O) groups is 2. The van der Waals surface area contributed by atoms with Gasteiger partial charge in [-0.1, -0.05) is 42.8 Å². The summed E-state index contributed by atoms with van der Waals surface area (Å²) in [7, 11) is -3.79. The molecule has 2 atom stereocenters. The second-order valence-electron chi connectivity index (χ2n) is 13.2. The van der Waals surface area contributed by atoms with Crippen molar-refractivity contribution in [2.45, 2.75) is 89.8 Å². The van der Waals surface area contributed by atoms with E-state index >= 15 is 0 Å². The van der Waals surface area contributed by atoms with E-state index in [9.17, 15) is 18.0 Å². The number of hydrogen-bond acceptors (Lipinski definition) is 4. The van der Waals surface area contributed by atoms with Gasteiger partial charge in [0.25, 0.3) is 0 Å². The summed E-state index contributed by atoms with van der Waals surface area (Å²) >= 11 is 6.20. The monoisotopic (exact) mass is 613 g/mol. The molecule has 0 aromatic heterocycles. The molecule has 4 aliphatic carbocycles. The predicted molar refractivity (Wildman–Crippen MR) is 168 cm³/mol. The average molecular weight is 614 g/mol. The zero-order valence-corrected chi connectivity index (χ0v) is 26.8. The standard InChI is InChI=1S/C33H44ClN3O4S/c1-5-22(2)35-32(39)23(3)36(20-24-7-6-8-29(34)16-24)31(38)21-37(42(4,40)41)30-11-9-28(10-12-30)33-17-25-13-26(18-33)15-27(14-25)19-33/h6-12,16,22-23,25-27H,5,13-15,17-21H2,1-4H3,(H,35,39)/t22-,23+,25?,26?,27?,33?/m0/s1. The zero-order valence-electron chi connectivity index (χ0n) is 25.2. The largest absolute Gasteiger partial charge is 0.352 e. The van der Waals surface area contributed by atoms with Crippen molar-refractivity contribution < 1.29 is 18.0 Å². The molecule has 0 aliphatic heterocycles. The molecule has 9 heteroatoms. The zero-order chi connectivity index (χ0) is 30.2. The highest BCUT2D eigenvalue weighted by Gasteiger charge is 2.51. The molecule has 6 rings (SSSR count). The Kier molecular flexibility index (Phi) is 8.96. The number of nitrogens with one attached hydrogen (secondary N) is 1. The van der Waals surface area contributed by atoms with E-state index in [4.69, 9.17) is 11.6 Å². The Balaban J connectivity index is 1.38. The Morgan fingerprint density at radius 2 is 1.60 bits per heavy atom. The second kappa shape index (κ2) is 12.2. The van der Waals surface area contributed by atoms with Gasteiger partial charge in [-0.25, -0.2) is 8.42 Å². The van der Waals surface area contributed by atoms with E-state index < -0.39 is 28.5 Å². The van der Waals surface area contributed by atoms with Crippen molar-refractivity contribution in [1.29, 1.82) is 0 Å². The molecule has 2 amide bonds. The van der Waals surface area contributed by atoms with Crippen molar-refractivity contribution in [3.8, 4) is 0 Å². The topological polar surface area (TPSA) is 86.8 Å². The van der Waals surface area contributed by atoms with E-state index in [1.165, 1.54) is 49.0 Å². The van der Waals surface area contributed by atoms with Crippen LogP contribution in [0.4, 0.5) is 5.69 Å². The fraction of sp³-hybridized carbons (Fsp3) is 0.576. The van der Waals surface area contributed by atoms with Gasteiger partial charge in [0.1, 0.15) is 12.6 Å². The SMILES string of the molecule is CC[C@H](C)NC(=O)[C@@H](C)N(Cc1cccc(Cl)c1)C(=O)CN(c1ccc(C23CC4CC(CC(C4)C2)C3)cc1)S(C)(=O)=O. The number of rotatable bonds is 11. The number of halogens is 1. The summed E-state index contributed by atoms with van der Waals surface area (Å²) in [4.78, 5) is 28.4. The molecular weight excluding hydrogens is 570 g/mol. The van der Waals surface area contributed by atoms with E-state index in [1.54, 1.807) is 25.1 Å². The summed E-state index contributed by atoms with van der Waals surface area (Å²) in [6.45, 7) is 5.27. The maximum absolute atomic E-state index is 13.9. The van der Waals surface area contributed by atoms with Crippen LogP contribution < -0.4 is 9.62 Å². The van der Waals surface area contributed by atoms with Gasteiger partial charge < -0.3 is 10.2 Å². The second-order valence-corrected chi connectivity index (χ2v) is 15.5. The maximum Gasteiger partial charge on any atom is 0.244 e. The number of nitrogens with zero attached hydrogens (tertiary/aromatic N) is 2. The molecule has 0 spiro atoms. The van der Waals surface area contributed by atoms with Crippen molar-refractivity contribution in [3.05, 3.63) is 64.7 Å². The Morgan fingerprint density at radius 3 is 2.12 bits per heavy atom. The minimum Gasteiger partial charge on any atom is -0.352 e. The predicted octanol–water partition coefficient (Wildman–Crippen LogP) is 5.91. The highest BCUT2D eigenvalue weighted by Crippen LogP contribution is 2.60. The van der Waals surface area contributed by atoms with Gasteiger partial charge >= 0.3 is 0 Å². The van der Waals surface area contributed by atoms with E-state index in [0.29, 0.717) is 10.7 Å². The summed E-state index contributed by atoms with van der Waals surface area (Å²) < 4.78 is 27.2. The number of benzene rings is 2. The molecule has 0 heterocycles. The molecule has 0 saturated heterocycles. The van der Waals surface area contributed by atoms with Crippen LogP contribution >= 0.6 is 11.6 Å². The molecule has 4 aliphatic rings. The first kappa shape index (κ1) is 30.9. The van der Waals surface area contributed by atoms with E-state index in [0.717, 1.165) is 40.3 Å². The van der Waals surface area contributed by atoms with Gasteiger partial charge in [0.2, 0.25) is 21.8 Å². The van der Waals surface area contributed by atoms with Crippen LogP contribution in [0.5, 0.6) is 0 Å². The van der Waals surface area contributed by atoms with Gasteiger partial charge in [0.05, 0.1) is 11.9 Å². The molecule has 7 nitrogen and oxygen atoms in total. The highest BCUT2D eigenvalue weighted by atomic mass is 35.5. The van der Waals surface area contributed by atoms with Gasteiger partial charge in [-0.2, -0.15) is 0 Å². The van der Waals surface area contributed by atoms with Crippen LogP contribution in [0.2, 0.25) is 5.02 Å². The van der Waals surface area contributed by atoms with Gasteiger partial charge in [-0.15, -0.1) is 0 Å². The van der Waals surface area contributed by atoms with Gasteiger partial charge in [0, 0.05) is 17.6 Å². The van der Waals surface area contributed by atoms with Crippen molar-refractivity contribution in [1.82, 2.24) is 10.2 Å². The Bertz CT molecular complexity index is 1380. The van der Waals surface area contributed by atoms with Gasteiger partial charge in [-0.3, -0.25) is 13.9 Å². The molecule has 42 heavy (non-hydrogen) atoms. The van der Waals surface area contributed by atoms with Crippen LogP contribution in [0.25, 0.3) is 0 Å². The third-order valence-corrected chi connectivity index (χ3v) is 11.3. The molecular formula is C33H44ClN3O4S. The third kappa shape index (κ3) is 6.65. The molecule has 2 aromatic rings. The summed E-state index contributed by atoms with van der Waals surface area (Å²) in [5.74, 6) is 1.69. The fourth-order valence-corrected chi connectivity index (χ4v) is 9.00. The Labute approximate surface area is 256 Å². The summed E-state index contributed by atoms with van der Waals surface area (Å²) in [6.07, 6.45) is 9.63. The van der Waals surface area contributed by atoms with E-state index in [-0.39, 0.29) is 23.9 Å². The van der Waals surface area contributed by atoms with E-state index in [2.05, 4.69) is 17.4 Å². The molecule has 1 N–H and O–H groups in total. The third-order valence-electron chi connectivity index (χ3n) is 9.90. The lowest BCUT2D eigenvalue weighted by Crippen LogP contribution is -2.52. The quantitative estimate of drug-likeness (QED) is 0.342. The molecule has 0 radical (unpaired) electrons.